The number of benzene rings is 2. The van der Waals surface area contributed by atoms with Crippen LogP contribution < -0.4 is 15.8 Å². The molecule has 3 rings (SSSR count). The van der Waals surface area contributed by atoms with E-state index >= 15 is 0 Å². The predicted molar refractivity (Wildman–Crippen MR) is 124 cm³/mol. The molecule has 1 atom stereocenters. The van der Waals surface area contributed by atoms with Gasteiger partial charge in [0.15, 0.2) is 0 Å². The number of ether oxygens (including phenoxy) is 1. The van der Waals surface area contributed by atoms with Gasteiger partial charge >= 0.3 is 6.03 Å². The average molecular weight is 501 g/mol. The molecule has 2 aromatic rings. The lowest BCUT2D eigenvalue weighted by molar-refractivity contribution is -0.0287. The molecule has 1 aliphatic rings. The van der Waals surface area contributed by atoms with Crippen LogP contribution in [-0.2, 0) is 27.7 Å². The van der Waals surface area contributed by atoms with Crippen LogP contribution in [0.2, 0.25) is 10.0 Å². The van der Waals surface area contributed by atoms with Crippen LogP contribution in [0.15, 0.2) is 47.4 Å². The van der Waals surface area contributed by atoms with Gasteiger partial charge < -0.3 is 15.4 Å². The summed E-state index contributed by atoms with van der Waals surface area (Å²) in [5.41, 5.74) is 1.97. The number of urea groups is 1. The smallest absolute Gasteiger partial charge is 0.314 e. The second kappa shape index (κ2) is 11.3. The van der Waals surface area contributed by atoms with E-state index in [0.29, 0.717) is 42.7 Å². The Bertz CT molecular complexity index is 1030. The summed E-state index contributed by atoms with van der Waals surface area (Å²) in [6.07, 6.45) is 0.457. The van der Waals surface area contributed by atoms with Crippen molar-refractivity contribution < 1.29 is 17.9 Å². The molecule has 0 aromatic heterocycles. The summed E-state index contributed by atoms with van der Waals surface area (Å²) >= 11 is 12.1. The van der Waals surface area contributed by atoms with E-state index in [1.807, 2.05) is 12.1 Å². The molecule has 2 aromatic carbocycles. The monoisotopic (exact) mass is 500 g/mol. The molecule has 0 aliphatic carbocycles. The van der Waals surface area contributed by atoms with Gasteiger partial charge in [0.05, 0.1) is 27.7 Å². The Balaban J connectivity index is 1.37. The number of morpholine rings is 1. The van der Waals surface area contributed by atoms with E-state index in [1.54, 1.807) is 18.2 Å². The number of primary sulfonamides is 1. The largest absolute Gasteiger partial charge is 0.374 e. The third-order valence-corrected chi connectivity index (χ3v) is 6.72. The first kappa shape index (κ1) is 24.8. The van der Waals surface area contributed by atoms with Crippen molar-refractivity contribution in [2.45, 2.75) is 24.0 Å². The summed E-state index contributed by atoms with van der Waals surface area (Å²) in [7, 11) is -3.70. The second-order valence-electron chi connectivity index (χ2n) is 7.55. The molecule has 8 nitrogen and oxygen atoms in total. The number of nitrogens with one attached hydrogen (secondary N) is 2. The van der Waals surface area contributed by atoms with Crippen molar-refractivity contribution in [3.8, 4) is 0 Å². The van der Waals surface area contributed by atoms with Crippen LogP contribution in [0.1, 0.15) is 11.1 Å². The summed E-state index contributed by atoms with van der Waals surface area (Å²) in [6.45, 7) is 3.61. The van der Waals surface area contributed by atoms with Crippen LogP contribution in [0.5, 0.6) is 0 Å². The molecule has 4 N–H and O–H groups in total. The Kier molecular flexibility index (Phi) is 8.75. The van der Waals surface area contributed by atoms with Gasteiger partial charge in [-0.1, -0.05) is 41.4 Å². The molecule has 0 unspecified atom stereocenters. The van der Waals surface area contributed by atoms with E-state index in [4.69, 9.17) is 33.1 Å². The molecule has 1 heterocycles. The maximum Gasteiger partial charge on any atom is 0.314 e. The highest BCUT2D eigenvalue weighted by molar-refractivity contribution is 7.89. The molecule has 11 heteroatoms. The van der Waals surface area contributed by atoms with Crippen molar-refractivity contribution in [3.05, 3.63) is 63.6 Å². The van der Waals surface area contributed by atoms with Crippen molar-refractivity contribution in [2.75, 3.05) is 32.8 Å². The molecule has 0 spiro atoms. The van der Waals surface area contributed by atoms with Crippen LogP contribution in [0.3, 0.4) is 0 Å². The Labute approximate surface area is 198 Å². The minimum atomic E-state index is -3.70. The predicted octanol–water partition coefficient (Wildman–Crippen LogP) is 2.38. The Hall–Kier alpha value is -1.88. The van der Waals surface area contributed by atoms with E-state index in [2.05, 4.69) is 15.5 Å². The van der Waals surface area contributed by atoms with Gasteiger partial charge in [-0.2, -0.15) is 0 Å². The number of hydrogen-bond donors (Lipinski definition) is 3. The summed E-state index contributed by atoms with van der Waals surface area (Å²) in [5, 5.41) is 11.8. The van der Waals surface area contributed by atoms with Crippen molar-refractivity contribution >= 4 is 39.3 Å². The van der Waals surface area contributed by atoms with Gasteiger partial charge in [0.2, 0.25) is 10.0 Å². The zero-order chi connectivity index (χ0) is 23.1. The maximum atomic E-state index is 12.1. The number of rotatable bonds is 8. The van der Waals surface area contributed by atoms with E-state index in [1.165, 1.54) is 12.1 Å². The lowest BCUT2D eigenvalue weighted by Crippen LogP contribution is -2.48. The summed E-state index contributed by atoms with van der Waals surface area (Å²) in [4.78, 5) is 14.4. The molecular formula is C21H26Cl2N4O4S. The Morgan fingerprint density at radius 3 is 2.50 bits per heavy atom. The fourth-order valence-corrected chi connectivity index (χ4v) is 4.22. The van der Waals surface area contributed by atoms with Gasteiger partial charge in [-0.3, -0.25) is 4.90 Å². The van der Waals surface area contributed by atoms with Crippen molar-refractivity contribution in [1.29, 1.82) is 0 Å². The lowest BCUT2D eigenvalue weighted by atomic mass is 10.1. The fraction of sp³-hybridized carbons (Fsp3) is 0.381. The number of carbonyl (C=O) groups is 1. The van der Waals surface area contributed by atoms with Gasteiger partial charge in [0, 0.05) is 32.7 Å². The van der Waals surface area contributed by atoms with Gasteiger partial charge in [-0.15, -0.1) is 0 Å². The first-order chi connectivity index (χ1) is 15.2. The molecule has 32 heavy (non-hydrogen) atoms. The maximum absolute atomic E-state index is 12.1. The summed E-state index contributed by atoms with van der Waals surface area (Å²) in [5.74, 6) is 0. The average Bonchev–Trinajstić information content (AvgIpc) is 2.75. The number of nitrogens with zero attached hydrogens (tertiary/aromatic N) is 1. The van der Waals surface area contributed by atoms with Crippen LogP contribution >= 0.6 is 23.2 Å². The minimum Gasteiger partial charge on any atom is -0.374 e. The van der Waals surface area contributed by atoms with E-state index in [-0.39, 0.29) is 17.0 Å². The molecule has 1 fully saturated rings. The Morgan fingerprint density at radius 1 is 1.09 bits per heavy atom. The molecule has 0 saturated carbocycles. The van der Waals surface area contributed by atoms with E-state index < -0.39 is 10.0 Å². The van der Waals surface area contributed by atoms with Crippen LogP contribution in [0.4, 0.5) is 4.79 Å². The second-order valence-corrected chi connectivity index (χ2v) is 9.93. The lowest BCUT2D eigenvalue weighted by Gasteiger charge is -2.33. The highest BCUT2D eigenvalue weighted by Crippen LogP contribution is 2.23. The number of nitrogens with two attached hydrogens (primary N) is 1. The number of hydrogen-bond acceptors (Lipinski definition) is 5. The standard InChI is InChI=1S/C21H26Cl2N4O4S/c22-19-6-3-16(11-20(19)23)13-27-9-10-31-17(14-27)12-26-21(28)25-8-7-15-1-4-18(5-2-15)32(24,29)30/h1-6,11,17H,7-10,12-14H2,(H2,24,29,30)(H2,25,26,28)/t17-/m0/s1. The first-order valence-electron chi connectivity index (χ1n) is 10.1. The molecule has 1 saturated heterocycles. The van der Waals surface area contributed by atoms with Crippen molar-refractivity contribution in [3.63, 3.8) is 0 Å². The number of amides is 2. The number of sulfonamides is 1. The van der Waals surface area contributed by atoms with Crippen LogP contribution in [0.25, 0.3) is 0 Å². The van der Waals surface area contributed by atoms with Gasteiger partial charge in [-0.25, -0.2) is 18.4 Å². The van der Waals surface area contributed by atoms with Gasteiger partial charge in [0.25, 0.3) is 0 Å². The van der Waals surface area contributed by atoms with Gasteiger partial charge in [0.1, 0.15) is 0 Å². The Morgan fingerprint density at radius 2 is 1.81 bits per heavy atom. The topological polar surface area (TPSA) is 114 Å². The molecule has 2 amide bonds. The zero-order valence-electron chi connectivity index (χ0n) is 17.4. The van der Waals surface area contributed by atoms with Crippen LogP contribution in [-0.4, -0.2) is 58.2 Å². The third-order valence-electron chi connectivity index (χ3n) is 5.05. The van der Waals surface area contributed by atoms with Crippen molar-refractivity contribution in [1.82, 2.24) is 15.5 Å². The quantitative estimate of drug-likeness (QED) is 0.514. The molecule has 0 radical (unpaired) electrons. The third kappa shape index (κ3) is 7.61. The summed E-state index contributed by atoms with van der Waals surface area (Å²) < 4.78 is 28.3. The van der Waals surface area contributed by atoms with Gasteiger partial charge in [-0.05, 0) is 41.8 Å². The minimum absolute atomic E-state index is 0.0626. The highest BCUT2D eigenvalue weighted by Gasteiger charge is 2.21. The van der Waals surface area contributed by atoms with Crippen LogP contribution in [0, 0.1) is 0 Å². The highest BCUT2D eigenvalue weighted by atomic mass is 35.5. The van der Waals surface area contributed by atoms with E-state index in [9.17, 15) is 13.2 Å². The molecule has 1 aliphatic heterocycles. The number of carbonyl (C=O) groups excluding carboxylic acids is 1. The fourth-order valence-electron chi connectivity index (χ4n) is 3.38. The first-order valence-corrected chi connectivity index (χ1v) is 12.4. The SMILES string of the molecule is NS(=O)(=O)c1ccc(CCNC(=O)NC[C@H]2CN(Cc3ccc(Cl)c(Cl)c3)CCO2)cc1. The van der Waals surface area contributed by atoms with Crippen molar-refractivity contribution in [2.24, 2.45) is 5.14 Å². The number of halogens is 2. The zero-order valence-corrected chi connectivity index (χ0v) is 19.7. The molecule has 174 valence electrons. The van der Waals surface area contributed by atoms with E-state index in [0.717, 1.165) is 24.2 Å². The summed E-state index contributed by atoms with van der Waals surface area (Å²) in [6, 6.07) is 11.6. The molecule has 0 bridgehead atoms. The normalized spacial score (nSPS) is 17.2. The molecular weight excluding hydrogens is 475 g/mol.